The van der Waals surface area contributed by atoms with E-state index in [1.807, 2.05) is 25.1 Å². The summed E-state index contributed by atoms with van der Waals surface area (Å²) in [6.45, 7) is 1.84. The number of hydrogen-bond acceptors (Lipinski definition) is 13. The van der Waals surface area contributed by atoms with Gasteiger partial charge in [-0.15, -0.1) is 0 Å². The number of rotatable bonds is 11. The van der Waals surface area contributed by atoms with E-state index in [0.29, 0.717) is 58.1 Å². The number of aromatic nitrogens is 3. The molecule has 3 heterocycles. The van der Waals surface area contributed by atoms with E-state index in [-0.39, 0.29) is 47.5 Å². The average molecular weight is 1100 g/mol. The highest BCUT2D eigenvalue weighted by Gasteiger charge is 2.22. The van der Waals surface area contributed by atoms with Gasteiger partial charge in [0, 0.05) is 39.2 Å². The minimum Gasteiger partial charge on any atom is -0.505 e. The molecule has 0 aliphatic carbocycles. The number of carbonyl (C=O) groups excluding carboxylic acids is 3. The number of halogens is 4. The highest BCUT2D eigenvalue weighted by Crippen LogP contribution is 2.36. The Morgan fingerprint density at radius 2 is 0.895 bits per heavy atom. The quantitative estimate of drug-likeness (QED) is 0.0956. The van der Waals surface area contributed by atoms with Gasteiger partial charge in [0.05, 0.1) is 47.2 Å². The molecule has 0 unspecified atom stereocenters. The van der Waals surface area contributed by atoms with Crippen LogP contribution in [0.4, 0.5) is 13.2 Å². The highest BCUT2D eigenvalue weighted by atomic mass is 79.9. The van der Waals surface area contributed by atoms with Gasteiger partial charge in [-0.05, 0) is 138 Å². The van der Waals surface area contributed by atoms with Gasteiger partial charge in [-0.1, -0.05) is 59.8 Å². The van der Waals surface area contributed by atoms with Crippen molar-refractivity contribution >= 4 is 66.5 Å². The molecule has 3 aromatic heterocycles. The van der Waals surface area contributed by atoms with Crippen molar-refractivity contribution < 1.29 is 56.3 Å². The second-order valence-electron chi connectivity index (χ2n) is 16.7. The van der Waals surface area contributed by atoms with Crippen molar-refractivity contribution in [1.82, 2.24) is 15.0 Å². The number of nitriles is 1. The van der Waals surface area contributed by atoms with Crippen LogP contribution in [0.25, 0.3) is 32.7 Å². The number of phenolic OH excluding ortho intramolecular Hbond substituents is 1. The third-order valence-corrected chi connectivity index (χ3v) is 12.5. The van der Waals surface area contributed by atoms with Gasteiger partial charge < -0.3 is 28.8 Å². The lowest BCUT2D eigenvalue weighted by atomic mass is 10.00. The molecule has 17 heteroatoms. The Hall–Kier alpha value is -8.88. The number of pyridine rings is 3. The van der Waals surface area contributed by atoms with Crippen LogP contribution < -0.4 is 9.47 Å². The fraction of sp³-hybridized carbons (Fsp3) is 0.169. The van der Waals surface area contributed by atoms with Gasteiger partial charge in [0.25, 0.3) is 0 Å². The summed E-state index contributed by atoms with van der Waals surface area (Å²) in [6.07, 6.45) is 6.78. The molecule has 13 nitrogen and oxygen atoms in total. The first-order valence-corrected chi connectivity index (χ1v) is 23.5. The van der Waals surface area contributed by atoms with Gasteiger partial charge >= 0.3 is 17.9 Å². The van der Waals surface area contributed by atoms with E-state index in [1.54, 1.807) is 67.1 Å². The smallest absolute Gasteiger partial charge is 0.341 e. The van der Waals surface area contributed by atoms with E-state index in [2.05, 4.69) is 41.7 Å². The van der Waals surface area contributed by atoms with Gasteiger partial charge in [-0.3, -0.25) is 15.0 Å². The van der Waals surface area contributed by atoms with Gasteiger partial charge in [0.15, 0.2) is 17.2 Å². The van der Waals surface area contributed by atoms with Crippen molar-refractivity contribution in [2.45, 2.75) is 33.6 Å². The number of carbonyl (C=O) groups is 3. The van der Waals surface area contributed by atoms with E-state index < -0.39 is 17.9 Å². The molecule has 0 radical (unpaired) electrons. The van der Waals surface area contributed by atoms with E-state index in [0.717, 1.165) is 54.2 Å². The van der Waals surface area contributed by atoms with Crippen LogP contribution in [0.15, 0.2) is 132 Å². The van der Waals surface area contributed by atoms with Crippen molar-refractivity contribution in [3.05, 3.63) is 211 Å². The molecule has 388 valence electrons. The Labute approximate surface area is 444 Å². The first-order chi connectivity index (χ1) is 36.1. The molecule has 0 aliphatic rings. The number of ether oxygens (including phenoxy) is 5. The Morgan fingerprint density at radius 1 is 0.526 bits per heavy atom. The van der Waals surface area contributed by atoms with Crippen LogP contribution in [0.3, 0.4) is 0 Å². The maximum atomic E-state index is 13.0. The fourth-order valence-corrected chi connectivity index (χ4v) is 8.70. The summed E-state index contributed by atoms with van der Waals surface area (Å²) in [4.78, 5) is 48.8. The molecule has 6 aromatic carbocycles. The van der Waals surface area contributed by atoms with Crippen molar-refractivity contribution in [2.24, 2.45) is 0 Å². The maximum absolute atomic E-state index is 13.0. The number of phenols is 1. The third-order valence-electron chi connectivity index (χ3n) is 11.8. The first-order valence-electron chi connectivity index (χ1n) is 22.7. The summed E-state index contributed by atoms with van der Waals surface area (Å²) >= 11 is 3.48. The van der Waals surface area contributed by atoms with Crippen molar-refractivity contribution in [3.63, 3.8) is 0 Å². The largest absolute Gasteiger partial charge is 0.505 e. The molecular weight excluding hydrogens is 1050 g/mol. The Kier molecular flexibility index (Phi) is 18.8. The molecule has 1 N–H and O–H groups in total. The summed E-state index contributed by atoms with van der Waals surface area (Å²) in [5, 5.41) is 21.9. The Bertz CT molecular complexity index is 3650. The van der Waals surface area contributed by atoms with Crippen LogP contribution in [0.2, 0.25) is 0 Å². The predicted molar refractivity (Wildman–Crippen MR) is 286 cm³/mol. The van der Waals surface area contributed by atoms with Crippen LogP contribution in [-0.2, 0) is 33.5 Å². The molecule has 76 heavy (non-hydrogen) atoms. The lowest BCUT2D eigenvalue weighted by molar-refractivity contribution is 0.0588. The minimum atomic E-state index is -0.602. The molecular formula is C59H50BrF3N4O9. The maximum Gasteiger partial charge on any atom is 0.341 e. The van der Waals surface area contributed by atoms with Gasteiger partial charge in [-0.25, -0.2) is 27.6 Å². The van der Waals surface area contributed by atoms with E-state index in [9.17, 15) is 37.9 Å². The van der Waals surface area contributed by atoms with Gasteiger partial charge in [-0.2, -0.15) is 5.26 Å². The normalized spacial score (nSPS) is 10.5. The standard InChI is InChI=1S/C20H15FN2O3.C19H15BrFNO3.C19H16FNO3.CH4/c1-25-19-17(20(24)26-2)9-14(10-22)16-8-13(11-23-18(16)19)7-12-3-5-15(21)6-4-12;1-24-18-15(19(23)25-2)9-16(20)14-8-12(10-22-17(14)18)7-11-3-5-13(21)6-4-11;1-11-7-16(19(23)24-2)18(22)17-15(11)9-13(10-21-17)8-12-3-5-14(20)6-4-12;/h3-6,8-9,11H,7H2,1-2H3;3-6,8-10H,7H2,1-2H3;3-7,9-10,22H,8H2,1-2H3;1H4. The number of methoxy groups -OCH3 is 5. The van der Waals surface area contributed by atoms with Gasteiger partial charge in [0.2, 0.25) is 0 Å². The SMILES string of the molecule is C.COC(=O)c1cc(Br)c2cc(Cc3ccc(F)cc3)cnc2c1OC.COC(=O)c1cc(C#N)c2cc(Cc3ccc(F)cc3)cnc2c1OC.COC(=O)c1cc(C)c2cc(Cc3ccc(F)cc3)cnc2c1O. The summed E-state index contributed by atoms with van der Waals surface area (Å²) < 4.78 is 64.7. The van der Waals surface area contributed by atoms with Crippen LogP contribution in [0, 0.1) is 35.7 Å². The summed E-state index contributed by atoms with van der Waals surface area (Å²) in [5.41, 5.74) is 8.64. The van der Waals surface area contributed by atoms with E-state index in [1.165, 1.54) is 78.0 Å². The molecule has 9 aromatic rings. The number of fused-ring (bicyclic) bond motifs is 3. The fourth-order valence-electron chi connectivity index (χ4n) is 8.16. The number of benzene rings is 6. The molecule has 0 fully saturated rings. The Balaban J connectivity index is 0.000000184. The van der Waals surface area contributed by atoms with E-state index >= 15 is 0 Å². The highest BCUT2D eigenvalue weighted by molar-refractivity contribution is 9.10. The van der Waals surface area contributed by atoms with Crippen molar-refractivity contribution in [2.75, 3.05) is 35.5 Å². The third kappa shape index (κ3) is 12.9. The number of nitrogens with zero attached hydrogens (tertiary/aromatic N) is 4. The van der Waals surface area contributed by atoms with E-state index in [4.69, 9.17) is 18.9 Å². The van der Waals surface area contributed by atoms with Crippen molar-refractivity contribution in [1.29, 1.82) is 5.26 Å². The number of hydrogen-bond donors (Lipinski definition) is 1. The number of esters is 3. The number of aromatic hydroxyl groups is 1. The predicted octanol–water partition coefficient (Wildman–Crippen LogP) is 12.6. The molecule has 0 saturated carbocycles. The molecule has 9 rings (SSSR count). The second-order valence-corrected chi connectivity index (χ2v) is 17.6. The van der Waals surface area contributed by atoms with Crippen LogP contribution in [0.5, 0.6) is 17.2 Å². The lowest BCUT2D eigenvalue weighted by Crippen LogP contribution is -2.06. The molecule has 0 amide bonds. The monoisotopic (exact) mass is 1090 g/mol. The zero-order chi connectivity index (χ0) is 53.9. The topological polar surface area (TPSA) is 180 Å². The lowest BCUT2D eigenvalue weighted by Gasteiger charge is -2.12. The second kappa shape index (κ2) is 25.4. The van der Waals surface area contributed by atoms with Crippen molar-refractivity contribution in [3.8, 4) is 23.3 Å². The Morgan fingerprint density at radius 3 is 1.30 bits per heavy atom. The molecule has 0 saturated heterocycles. The molecule has 0 atom stereocenters. The van der Waals surface area contributed by atoms with Crippen LogP contribution >= 0.6 is 15.9 Å². The minimum absolute atomic E-state index is 0. The van der Waals surface area contributed by atoms with Gasteiger partial charge in [0.1, 0.15) is 50.7 Å². The summed E-state index contributed by atoms with van der Waals surface area (Å²) in [6, 6.07) is 31.4. The summed E-state index contributed by atoms with van der Waals surface area (Å²) in [5.74, 6) is -2.07. The van der Waals surface area contributed by atoms with Crippen LogP contribution in [-0.4, -0.2) is 73.5 Å². The average Bonchev–Trinajstić information content (AvgIpc) is 3.44. The first kappa shape index (κ1) is 56.4. The molecule has 0 bridgehead atoms. The zero-order valence-corrected chi connectivity index (χ0v) is 42.8. The number of aryl methyl sites for hydroxylation is 1. The molecule has 0 aliphatic heterocycles. The molecule has 0 spiro atoms. The summed E-state index contributed by atoms with van der Waals surface area (Å²) in [7, 11) is 6.77. The van der Waals surface area contributed by atoms with Crippen LogP contribution in [0.1, 0.15) is 83.0 Å². The zero-order valence-electron chi connectivity index (χ0n) is 41.3.